The maximum Gasteiger partial charge on any atom is 0.124 e. The molecule has 0 aromatic heterocycles. The smallest absolute Gasteiger partial charge is 0.124 e. The number of halogens is 2. The van der Waals surface area contributed by atoms with Crippen LogP contribution in [0.5, 0.6) is 5.75 Å². The van der Waals surface area contributed by atoms with Gasteiger partial charge in [0, 0.05) is 17.6 Å². The van der Waals surface area contributed by atoms with Crippen molar-refractivity contribution in [3.8, 4) is 5.75 Å². The van der Waals surface area contributed by atoms with E-state index < -0.39 is 0 Å². The number of ether oxygens (including phenoxy) is 1. The molecule has 3 rings (SSSR count). The zero-order valence-corrected chi connectivity index (χ0v) is 12.6. The van der Waals surface area contributed by atoms with Crippen LogP contribution in [0.4, 0.5) is 0 Å². The zero-order valence-electron chi connectivity index (χ0n) is 11.1. The highest BCUT2D eigenvalue weighted by atomic mass is 35.5. The molecule has 104 valence electrons. The molecule has 2 bridgehead atoms. The molecule has 0 spiro atoms. The molecule has 1 aromatic rings. The maximum absolute atomic E-state index is 6.18. The summed E-state index contributed by atoms with van der Waals surface area (Å²) >= 11 is 12.2. The Morgan fingerprint density at radius 3 is 2.53 bits per heavy atom. The van der Waals surface area contributed by atoms with Crippen molar-refractivity contribution < 1.29 is 4.74 Å². The van der Waals surface area contributed by atoms with Gasteiger partial charge in [0.2, 0.25) is 0 Å². The van der Waals surface area contributed by atoms with Crippen molar-refractivity contribution in [1.82, 2.24) is 5.32 Å². The summed E-state index contributed by atoms with van der Waals surface area (Å²) in [6, 6.07) is 5.00. The number of hydrogen-bond acceptors (Lipinski definition) is 2. The highest BCUT2D eigenvalue weighted by Gasteiger charge is 2.32. The SMILES string of the molecule is Cc1c(OC2CC3CCCC(C2)N3)ccc(Cl)c1Cl. The van der Waals surface area contributed by atoms with Crippen molar-refractivity contribution in [2.24, 2.45) is 0 Å². The summed E-state index contributed by atoms with van der Waals surface area (Å²) in [7, 11) is 0. The third kappa shape index (κ3) is 2.86. The van der Waals surface area contributed by atoms with Gasteiger partial charge in [-0.05, 0) is 44.7 Å². The van der Waals surface area contributed by atoms with Crippen LogP contribution in [0.25, 0.3) is 0 Å². The van der Waals surface area contributed by atoms with Crippen LogP contribution in [0.15, 0.2) is 12.1 Å². The van der Waals surface area contributed by atoms with E-state index in [-0.39, 0.29) is 0 Å². The number of nitrogens with one attached hydrogen (secondary N) is 1. The van der Waals surface area contributed by atoms with Crippen LogP contribution in [-0.4, -0.2) is 18.2 Å². The molecule has 0 amide bonds. The summed E-state index contributed by atoms with van der Waals surface area (Å²) in [5.41, 5.74) is 0.942. The molecule has 19 heavy (non-hydrogen) atoms. The fraction of sp³-hybridized carbons (Fsp3) is 0.600. The molecule has 0 saturated carbocycles. The Balaban J connectivity index is 1.73. The highest BCUT2D eigenvalue weighted by molar-refractivity contribution is 6.42. The molecule has 2 aliphatic heterocycles. The van der Waals surface area contributed by atoms with Crippen LogP contribution in [0.2, 0.25) is 10.0 Å². The molecule has 1 aromatic carbocycles. The van der Waals surface area contributed by atoms with Crippen LogP contribution in [0, 0.1) is 6.92 Å². The Labute approximate surface area is 124 Å². The predicted octanol–water partition coefficient (Wildman–Crippen LogP) is 4.35. The molecule has 2 saturated heterocycles. The third-order valence-corrected chi connectivity index (χ3v) is 5.15. The van der Waals surface area contributed by atoms with E-state index in [1.54, 1.807) is 0 Å². The lowest BCUT2D eigenvalue weighted by molar-refractivity contribution is 0.0921. The quantitative estimate of drug-likeness (QED) is 0.876. The molecule has 2 heterocycles. The average molecular weight is 300 g/mol. The van der Waals surface area contributed by atoms with E-state index in [2.05, 4.69) is 5.32 Å². The van der Waals surface area contributed by atoms with Gasteiger partial charge < -0.3 is 10.1 Å². The summed E-state index contributed by atoms with van der Waals surface area (Å²) in [6.07, 6.45) is 6.38. The van der Waals surface area contributed by atoms with E-state index in [9.17, 15) is 0 Å². The molecule has 2 fully saturated rings. The lowest BCUT2D eigenvalue weighted by atomic mass is 9.85. The first-order valence-electron chi connectivity index (χ1n) is 7.01. The Hall–Kier alpha value is -0.440. The zero-order chi connectivity index (χ0) is 13.4. The van der Waals surface area contributed by atoms with Crippen molar-refractivity contribution in [2.75, 3.05) is 0 Å². The minimum atomic E-state index is 0.299. The Morgan fingerprint density at radius 2 is 1.84 bits per heavy atom. The Morgan fingerprint density at radius 1 is 1.16 bits per heavy atom. The van der Waals surface area contributed by atoms with E-state index in [1.807, 2.05) is 19.1 Å². The van der Waals surface area contributed by atoms with Gasteiger partial charge >= 0.3 is 0 Å². The van der Waals surface area contributed by atoms with Crippen LogP contribution < -0.4 is 10.1 Å². The molecule has 2 aliphatic rings. The van der Waals surface area contributed by atoms with Gasteiger partial charge in [0.25, 0.3) is 0 Å². The van der Waals surface area contributed by atoms with Crippen LogP contribution in [0.1, 0.15) is 37.7 Å². The van der Waals surface area contributed by atoms with Crippen molar-refractivity contribution in [2.45, 2.75) is 57.2 Å². The first-order chi connectivity index (χ1) is 9.13. The second kappa shape index (κ2) is 5.51. The van der Waals surface area contributed by atoms with Crippen molar-refractivity contribution in [3.63, 3.8) is 0 Å². The van der Waals surface area contributed by atoms with E-state index in [0.29, 0.717) is 28.2 Å². The maximum atomic E-state index is 6.18. The van der Waals surface area contributed by atoms with Crippen molar-refractivity contribution in [3.05, 3.63) is 27.7 Å². The largest absolute Gasteiger partial charge is 0.490 e. The summed E-state index contributed by atoms with van der Waals surface area (Å²) in [6.45, 7) is 1.96. The lowest BCUT2D eigenvalue weighted by Gasteiger charge is -2.40. The second-order valence-electron chi connectivity index (χ2n) is 5.69. The third-order valence-electron chi connectivity index (χ3n) is 4.25. The topological polar surface area (TPSA) is 21.3 Å². The van der Waals surface area contributed by atoms with Gasteiger partial charge in [-0.15, -0.1) is 0 Å². The highest BCUT2D eigenvalue weighted by Crippen LogP contribution is 2.35. The monoisotopic (exact) mass is 299 g/mol. The number of rotatable bonds is 2. The summed E-state index contributed by atoms with van der Waals surface area (Å²) in [4.78, 5) is 0. The van der Waals surface area contributed by atoms with Gasteiger partial charge in [-0.1, -0.05) is 29.6 Å². The van der Waals surface area contributed by atoms with Gasteiger partial charge in [0.15, 0.2) is 0 Å². The van der Waals surface area contributed by atoms with E-state index in [0.717, 1.165) is 24.2 Å². The minimum Gasteiger partial charge on any atom is -0.490 e. The number of hydrogen-bond donors (Lipinski definition) is 1. The van der Waals surface area contributed by atoms with E-state index in [4.69, 9.17) is 27.9 Å². The minimum absolute atomic E-state index is 0.299. The molecule has 1 N–H and O–H groups in total. The number of benzene rings is 1. The number of piperidine rings is 2. The predicted molar refractivity (Wildman–Crippen MR) is 79.4 cm³/mol. The van der Waals surface area contributed by atoms with Crippen LogP contribution in [0.3, 0.4) is 0 Å². The molecule has 2 atom stereocenters. The lowest BCUT2D eigenvalue weighted by Crippen LogP contribution is -2.51. The van der Waals surface area contributed by atoms with Crippen molar-refractivity contribution >= 4 is 23.2 Å². The van der Waals surface area contributed by atoms with Gasteiger partial charge in [-0.2, -0.15) is 0 Å². The number of fused-ring (bicyclic) bond motifs is 2. The van der Waals surface area contributed by atoms with Gasteiger partial charge in [-0.3, -0.25) is 0 Å². The Bertz CT molecular complexity index is 465. The normalized spacial score (nSPS) is 30.2. The van der Waals surface area contributed by atoms with Gasteiger partial charge in [0.1, 0.15) is 11.9 Å². The molecular weight excluding hydrogens is 281 g/mol. The molecule has 0 aliphatic carbocycles. The van der Waals surface area contributed by atoms with E-state index in [1.165, 1.54) is 19.3 Å². The van der Waals surface area contributed by atoms with E-state index >= 15 is 0 Å². The molecular formula is C15H19Cl2NO. The fourth-order valence-corrected chi connectivity index (χ4v) is 3.61. The van der Waals surface area contributed by atoms with Gasteiger partial charge in [-0.25, -0.2) is 0 Å². The average Bonchev–Trinajstić information content (AvgIpc) is 2.39. The molecule has 0 radical (unpaired) electrons. The van der Waals surface area contributed by atoms with Crippen LogP contribution in [-0.2, 0) is 0 Å². The van der Waals surface area contributed by atoms with Crippen molar-refractivity contribution in [1.29, 1.82) is 0 Å². The first-order valence-corrected chi connectivity index (χ1v) is 7.76. The molecule has 2 unspecified atom stereocenters. The van der Waals surface area contributed by atoms with Gasteiger partial charge in [0.05, 0.1) is 10.0 Å². The fourth-order valence-electron chi connectivity index (χ4n) is 3.25. The Kier molecular flexibility index (Phi) is 3.93. The molecule has 4 heteroatoms. The summed E-state index contributed by atoms with van der Waals surface area (Å²) in [5, 5.41) is 4.87. The first kappa shape index (κ1) is 13.5. The molecule has 2 nitrogen and oxygen atoms in total. The second-order valence-corrected chi connectivity index (χ2v) is 6.47. The van der Waals surface area contributed by atoms with Crippen LogP contribution >= 0.6 is 23.2 Å². The standard InChI is InChI=1S/C15H19Cl2NO/c1-9-14(6-5-13(16)15(9)17)19-12-7-10-3-2-4-11(8-12)18-10/h5-6,10-12,18H,2-4,7-8H2,1H3. The summed E-state index contributed by atoms with van der Waals surface area (Å²) < 4.78 is 6.18. The summed E-state index contributed by atoms with van der Waals surface area (Å²) in [5.74, 6) is 0.874.